The fraction of sp³-hybridized carbons (Fsp3) is 0.600. The molecule has 2 fully saturated rings. The number of amides is 2. The second-order valence-corrected chi connectivity index (χ2v) is 10.4. The molecule has 0 bridgehead atoms. The molecule has 0 radical (unpaired) electrons. The number of nitrogens with zero attached hydrogens (tertiary/aromatic N) is 2. The van der Waals surface area contributed by atoms with Gasteiger partial charge in [0, 0.05) is 32.7 Å². The van der Waals surface area contributed by atoms with Gasteiger partial charge in [0.1, 0.15) is 0 Å². The summed E-state index contributed by atoms with van der Waals surface area (Å²) in [5.41, 5.74) is 0.412. The SMILES string of the molecule is CC1(NC(=O)CN2CCN(CC(=O)NCc3ccccc3)CC2)CCS(=O)(=O)C1. The number of hydrogen-bond donors (Lipinski definition) is 2. The van der Waals surface area contributed by atoms with Crippen molar-refractivity contribution in [2.45, 2.75) is 25.4 Å². The van der Waals surface area contributed by atoms with Crippen LogP contribution in [0.15, 0.2) is 30.3 Å². The smallest absolute Gasteiger partial charge is 0.234 e. The highest BCUT2D eigenvalue weighted by Crippen LogP contribution is 2.22. The van der Waals surface area contributed by atoms with Gasteiger partial charge in [0.25, 0.3) is 0 Å². The Balaban J connectivity index is 1.35. The van der Waals surface area contributed by atoms with E-state index in [-0.39, 0.29) is 29.9 Å². The van der Waals surface area contributed by atoms with Gasteiger partial charge in [-0.25, -0.2) is 8.42 Å². The summed E-state index contributed by atoms with van der Waals surface area (Å²) >= 11 is 0. The highest BCUT2D eigenvalue weighted by atomic mass is 32.2. The molecule has 2 amide bonds. The predicted molar refractivity (Wildman–Crippen MR) is 111 cm³/mol. The molecule has 1 atom stereocenters. The van der Waals surface area contributed by atoms with Crippen LogP contribution in [0, 0.1) is 0 Å². The fourth-order valence-corrected chi connectivity index (χ4v) is 5.94. The Labute approximate surface area is 172 Å². The van der Waals surface area contributed by atoms with Crippen molar-refractivity contribution in [1.29, 1.82) is 0 Å². The zero-order valence-electron chi connectivity index (χ0n) is 16.9. The molecule has 0 aromatic heterocycles. The Bertz CT molecular complexity index is 822. The molecule has 9 heteroatoms. The maximum Gasteiger partial charge on any atom is 0.234 e. The minimum absolute atomic E-state index is 0.00425. The van der Waals surface area contributed by atoms with E-state index in [1.165, 1.54) is 0 Å². The van der Waals surface area contributed by atoms with Crippen molar-refractivity contribution < 1.29 is 18.0 Å². The van der Waals surface area contributed by atoms with E-state index >= 15 is 0 Å². The second-order valence-electron chi connectivity index (χ2n) is 8.27. The van der Waals surface area contributed by atoms with Gasteiger partial charge in [-0.1, -0.05) is 30.3 Å². The van der Waals surface area contributed by atoms with Crippen molar-refractivity contribution in [3.63, 3.8) is 0 Å². The molecular weight excluding hydrogens is 392 g/mol. The zero-order chi connectivity index (χ0) is 20.9. The molecule has 2 heterocycles. The molecule has 1 aromatic carbocycles. The average molecular weight is 423 g/mol. The van der Waals surface area contributed by atoms with E-state index in [1.54, 1.807) is 6.92 Å². The summed E-state index contributed by atoms with van der Waals surface area (Å²) in [6.45, 7) is 5.76. The molecule has 0 spiro atoms. The van der Waals surface area contributed by atoms with E-state index in [4.69, 9.17) is 0 Å². The van der Waals surface area contributed by atoms with Gasteiger partial charge in [0.15, 0.2) is 9.84 Å². The summed E-state index contributed by atoms with van der Waals surface area (Å²) in [5.74, 6) is 0.000858. The lowest BCUT2D eigenvalue weighted by Gasteiger charge is -2.34. The largest absolute Gasteiger partial charge is 0.351 e. The Morgan fingerprint density at radius 3 is 2.14 bits per heavy atom. The minimum atomic E-state index is -3.05. The molecule has 2 N–H and O–H groups in total. The Hall–Kier alpha value is -1.97. The van der Waals surface area contributed by atoms with Gasteiger partial charge < -0.3 is 10.6 Å². The highest BCUT2D eigenvalue weighted by molar-refractivity contribution is 7.91. The number of rotatable bonds is 7. The minimum Gasteiger partial charge on any atom is -0.351 e. The number of sulfone groups is 1. The van der Waals surface area contributed by atoms with Crippen LogP contribution in [-0.4, -0.2) is 86.3 Å². The van der Waals surface area contributed by atoms with Crippen LogP contribution >= 0.6 is 0 Å². The van der Waals surface area contributed by atoms with Crippen molar-refractivity contribution in [1.82, 2.24) is 20.4 Å². The summed E-state index contributed by atoms with van der Waals surface area (Å²) in [6, 6.07) is 9.80. The van der Waals surface area contributed by atoms with Gasteiger partial charge >= 0.3 is 0 Å². The number of piperazine rings is 1. The third-order valence-corrected chi connectivity index (χ3v) is 7.38. The maximum atomic E-state index is 12.3. The van der Waals surface area contributed by atoms with E-state index in [0.717, 1.165) is 18.7 Å². The fourth-order valence-electron chi connectivity index (χ4n) is 3.85. The Morgan fingerprint density at radius 2 is 1.59 bits per heavy atom. The lowest BCUT2D eigenvalue weighted by atomic mass is 10.0. The van der Waals surface area contributed by atoms with Crippen LogP contribution in [0.25, 0.3) is 0 Å². The van der Waals surface area contributed by atoms with Gasteiger partial charge in [-0.05, 0) is 18.9 Å². The van der Waals surface area contributed by atoms with Crippen molar-refractivity contribution in [3.8, 4) is 0 Å². The number of carbonyl (C=O) groups excluding carboxylic acids is 2. The van der Waals surface area contributed by atoms with Gasteiger partial charge in [-0.3, -0.25) is 19.4 Å². The van der Waals surface area contributed by atoms with Crippen molar-refractivity contribution in [3.05, 3.63) is 35.9 Å². The van der Waals surface area contributed by atoms with Crippen molar-refractivity contribution >= 4 is 21.7 Å². The molecule has 8 nitrogen and oxygen atoms in total. The predicted octanol–water partition coefficient (Wildman–Crippen LogP) is -0.386. The Kier molecular flexibility index (Phi) is 6.92. The molecule has 2 saturated heterocycles. The van der Waals surface area contributed by atoms with Gasteiger partial charge in [-0.15, -0.1) is 0 Å². The van der Waals surface area contributed by atoms with Crippen LogP contribution in [0.1, 0.15) is 18.9 Å². The monoisotopic (exact) mass is 422 g/mol. The zero-order valence-corrected chi connectivity index (χ0v) is 17.7. The molecule has 0 aliphatic carbocycles. The van der Waals surface area contributed by atoms with E-state index in [9.17, 15) is 18.0 Å². The van der Waals surface area contributed by atoms with E-state index in [2.05, 4.69) is 15.5 Å². The first-order chi connectivity index (χ1) is 13.7. The van der Waals surface area contributed by atoms with Crippen molar-refractivity contribution in [2.75, 3.05) is 50.8 Å². The molecule has 1 aromatic rings. The number of carbonyl (C=O) groups is 2. The normalized spacial score (nSPS) is 24.9. The van der Waals surface area contributed by atoms with Crippen LogP contribution in [0.3, 0.4) is 0 Å². The lowest BCUT2D eigenvalue weighted by molar-refractivity contribution is -0.126. The van der Waals surface area contributed by atoms with Crippen LogP contribution in [0.5, 0.6) is 0 Å². The molecule has 1 unspecified atom stereocenters. The Morgan fingerprint density at radius 1 is 1.00 bits per heavy atom. The third kappa shape index (κ3) is 6.80. The summed E-state index contributed by atoms with van der Waals surface area (Å²) in [6.07, 6.45) is 0.465. The topological polar surface area (TPSA) is 98.8 Å². The highest BCUT2D eigenvalue weighted by Gasteiger charge is 2.39. The first-order valence-corrected chi connectivity index (χ1v) is 11.8. The number of benzene rings is 1. The molecule has 0 saturated carbocycles. The summed E-state index contributed by atoms with van der Waals surface area (Å²) < 4.78 is 23.3. The van der Waals surface area contributed by atoms with Crippen LogP contribution < -0.4 is 10.6 Å². The average Bonchev–Trinajstić information content (AvgIpc) is 2.95. The molecule has 160 valence electrons. The molecule has 2 aliphatic rings. The van der Waals surface area contributed by atoms with E-state index in [1.807, 2.05) is 35.2 Å². The third-order valence-electron chi connectivity index (χ3n) is 5.48. The summed E-state index contributed by atoms with van der Waals surface area (Å²) in [4.78, 5) is 28.6. The standard InChI is InChI=1S/C20H30N4O4S/c1-20(7-12-29(27,28)16-20)22-19(26)15-24-10-8-23(9-11-24)14-18(25)21-13-17-5-3-2-4-6-17/h2-6H,7-16H2,1H3,(H,21,25)(H,22,26). The number of nitrogens with one attached hydrogen (secondary N) is 2. The van der Waals surface area contributed by atoms with E-state index in [0.29, 0.717) is 32.6 Å². The van der Waals surface area contributed by atoms with Crippen LogP contribution in [-0.2, 0) is 26.0 Å². The first kappa shape index (κ1) is 21.7. The van der Waals surface area contributed by atoms with Gasteiger partial charge in [0.05, 0.1) is 30.1 Å². The quantitative estimate of drug-likeness (QED) is 0.621. The first-order valence-electron chi connectivity index (χ1n) is 10.00. The van der Waals surface area contributed by atoms with Gasteiger partial charge in [0.2, 0.25) is 11.8 Å². The van der Waals surface area contributed by atoms with Crippen molar-refractivity contribution in [2.24, 2.45) is 0 Å². The maximum absolute atomic E-state index is 12.3. The number of hydrogen-bond acceptors (Lipinski definition) is 6. The summed E-state index contributed by atoms with van der Waals surface area (Å²) in [5, 5.41) is 5.83. The molecule has 3 rings (SSSR count). The molecule has 2 aliphatic heterocycles. The van der Waals surface area contributed by atoms with Crippen LogP contribution in [0.4, 0.5) is 0 Å². The summed E-state index contributed by atoms with van der Waals surface area (Å²) in [7, 11) is -3.05. The lowest BCUT2D eigenvalue weighted by Crippen LogP contribution is -2.54. The van der Waals surface area contributed by atoms with E-state index < -0.39 is 15.4 Å². The van der Waals surface area contributed by atoms with Crippen LogP contribution in [0.2, 0.25) is 0 Å². The second kappa shape index (κ2) is 9.23. The molecular formula is C20H30N4O4S. The van der Waals surface area contributed by atoms with Gasteiger partial charge in [-0.2, -0.15) is 0 Å². The molecule has 29 heavy (non-hydrogen) atoms.